The van der Waals surface area contributed by atoms with E-state index in [-0.39, 0.29) is 6.61 Å². The van der Waals surface area contributed by atoms with Gasteiger partial charge in [-0.2, -0.15) is 0 Å². The molecule has 4 aliphatic rings. The van der Waals surface area contributed by atoms with Crippen molar-refractivity contribution in [3.05, 3.63) is 12.2 Å². The van der Waals surface area contributed by atoms with Crippen LogP contribution in [-0.4, -0.2) is 22.4 Å². The maximum absolute atomic E-state index is 10.7. The van der Waals surface area contributed by atoms with Crippen LogP contribution in [0.15, 0.2) is 12.2 Å². The minimum absolute atomic E-state index is 0.145. The molecule has 2 N–H and O–H groups in total. The van der Waals surface area contributed by atoms with Crippen LogP contribution in [0.2, 0.25) is 0 Å². The summed E-state index contributed by atoms with van der Waals surface area (Å²) in [6.07, 6.45) is 10.3. The maximum Gasteiger partial charge on any atom is 0.127 e. The normalized spacial score (nSPS) is 50.0. The predicted octanol–water partition coefficient (Wildman–Crippen LogP) is 4.73. The van der Waals surface area contributed by atoms with Gasteiger partial charge in [-0.05, 0) is 116 Å². The summed E-state index contributed by atoms with van der Waals surface area (Å²) in [4.78, 5) is 0. The van der Waals surface area contributed by atoms with E-state index in [1.807, 2.05) is 0 Å². The van der Waals surface area contributed by atoms with Crippen molar-refractivity contribution in [2.24, 2.45) is 40.9 Å². The highest BCUT2D eigenvalue weighted by atomic mass is 35.5. The smallest absolute Gasteiger partial charge is 0.127 e. The lowest BCUT2D eigenvalue weighted by Gasteiger charge is -2.57. The lowest BCUT2D eigenvalue weighted by atomic mass is 9.48. The molecular formula is C23H33ClO2. The molecule has 26 heavy (non-hydrogen) atoms. The molecule has 4 saturated carbocycles. The molecule has 0 bridgehead atoms. The van der Waals surface area contributed by atoms with E-state index in [9.17, 15) is 10.2 Å². The topological polar surface area (TPSA) is 40.5 Å². The summed E-state index contributed by atoms with van der Waals surface area (Å²) in [7, 11) is 0. The second-order valence-electron chi connectivity index (χ2n) is 9.92. The van der Waals surface area contributed by atoms with Crippen LogP contribution in [0.25, 0.3) is 0 Å². The first kappa shape index (κ1) is 18.9. The number of hydrogen-bond donors (Lipinski definition) is 2. The molecule has 0 aromatic carbocycles. The first-order valence-electron chi connectivity index (χ1n) is 10.6. The summed E-state index contributed by atoms with van der Waals surface area (Å²) >= 11 is 5.59. The fourth-order valence-electron chi connectivity index (χ4n) is 7.86. The third kappa shape index (κ3) is 2.86. The van der Waals surface area contributed by atoms with Gasteiger partial charge in [0, 0.05) is 5.38 Å². The Morgan fingerprint density at radius 2 is 1.85 bits per heavy atom. The number of hydrogen-bond acceptors (Lipinski definition) is 2. The second kappa shape index (κ2) is 6.84. The molecule has 0 heterocycles. The first-order chi connectivity index (χ1) is 12.4. The summed E-state index contributed by atoms with van der Waals surface area (Å²) in [5, 5.41) is 22.8. The zero-order chi connectivity index (χ0) is 18.5. The number of aliphatic hydroxyl groups excluding tert-OH is 1. The lowest BCUT2D eigenvalue weighted by molar-refractivity contribution is -0.0876. The van der Waals surface area contributed by atoms with E-state index in [1.165, 1.54) is 38.5 Å². The van der Waals surface area contributed by atoms with Gasteiger partial charge in [0.1, 0.15) is 5.60 Å². The Morgan fingerprint density at radius 1 is 1.08 bits per heavy atom. The van der Waals surface area contributed by atoms with E-state index in [1.54, 1.807) is 0 Å². The van der Waals surface area contributed by atoms with Gasteiger partial charge in [0.05, 0.1) is 6.61 Å². The molecule has 4 aliphatic carbocycles. The monoisotopic (exact) mass is 376 g/mol. The van der Waals surface area contributed by atoms with E-state index in [0.717, 1.165) is 48.5 Å². The van der Waals surface area contributed by atoms with E-state index >= 15 is 0 Å². The Labute approximate surface area is 163 Å². The van der Waals surface area contributed by atoms with Crippen LogP contribution in [0, 0.1) is 52.2 Å². The SMILES string of the molecule is C=C(CO)[C@H]1CC[C@H]2[C@@H]3CC[C@H]4C[C@](O)(C#CCl)CC[C@@H]4[C@H]3CC[C@]12C. The lowest BCUT2D eigenvalue weighted by Crippen LogP contribution is -2.50. The van der Waals surface area contributed by atoms with Crippen molar-refractivity contribution in [3.63, 3.8) is 0 Å². The average molecular weight is 377 g/mol. The third-order valence-corrected chi connectivity index (χ3v) is 9.08. The highest BCUT2D eigenvalue weighted by molar-refractivity contribution is 6.30. The highest BCUT2D eigenvalue weighted by Crippen LogP contribution is 2.65. The molecule has 144 valence electrons. The van der Waals surface area contributed by atoms with Crippen molar-refractivity contribution in [2.45, 2.75) is 70.3 Å². The van der Waals surface area contributed by atoms with Gasteiger partial charge in [0.2, 0.25) is 0 Å². The molecule has 0 unspecified atom stereocenters. The van der Waals surface area contributed by atoms with Gasteiger partial charge < -0.3 is 10.2 Å². The maximum atomic E-state index is 10.7. The Hall–Kier alpha value is -0.490. The molecule has 0 aromatic heterocycles. The quantitative estimate of drug-likeness (QED) is 0.540. The fraction of sp³-hybridized carbons (Fsp3) is 0.826. The van der Waals surface area contributed by atoms with Crippen LogP contribution in [0.3, 0.4) is 0 Å². The third-order valence-electron chi connectivity index (χ3n) is 8.99. The Morgan fingerprint density at radius 3 is 2.58 bits per heavy atom. The Kier molecular flexibility index (Phi) is 4.96. The van der Waals surface area contributed by atoms with E-state index < -0.39 is 5.60 Å². The molecule has 0 radical (unpaired) electrons. The molecule has 0 spiro atoms. The van der Waals surface area contributed by atoms with Gasteiger partial charge in [-0.1, -0.05) is 19.4 Å². The molecule has 2 nitrogen and oxygen atoms in total. The van der Waals surface area contributed by atoms with Crippen molar-refractivity contribution in [1.29, 1.82) is 0 Å². The van der Waals surface area contributed by atoms with Crippen LogP contribution in [0.1, 0.15) is 64.7 Å². The van der Waals surface area contributed by atoms with Crippen molar-refractivity contribution in [1.82, 2.24) is 0 Å². The molecule has 3 heteroatoms. The van der Waals surface area contributed by atoms with Crippen LogP contribution in [-0.2, 0) is 0 Å². The zero-order valence-corrected chi connectivity index (χ0v) is 16.8. The van der Waals surface area contributed by atoms with Gasteiger partial charge in [0.25, 0.3) is 0 Å². The van der Waals surface area contributed by atoms with E-state index in [0.29, 0.717) is 17.3 Å². The van der Waals surface area contributed by atoms with Gasteiger partial charge in [-0.3, -0.25) is 0 Å². The van der Waals surface area contributed by atoms with Gasteiger partial charge >= 0.3 is 0 Å². The summed E-state index contributed by atoms with van der Waals surface area (Å²) in [6.45, 7) is 6.82. The largest absolute Gasteiger partial charge is 0.392 e. The minimum Gasteiger partial charge on any atom is -0.392 e. The molecule has 0 aromatic rings. The number of halogens is 1. The van der Waals surface area contributed by atoms with Crippen molar-refractivity contribution >= 4 is 11.6 Å². The standard InChI is InChI=1S/C23H33ClO2/c1-15(14-25)20-5-6-21-19-4-3-16-13-23(26,11-12-24)10-8-17(16)18(19)7-9-22(20,21)2/h16-21,25-26H,1,3-10,13-14H2,2H3/t16-,17-,18+,19+,20+,21-,22+,23+/m0/s1. The molecule has 0 aliphatic heterocycles. The highest BCUT2D eigenvalue weighted by Gasteiger charge is 2.57. The summed E-state index contributed by atoms with van der Waals surface area (Å²) in [5.41, 5.74) is 0.549. The second-order valence-corrected chi connectivity index (χ2v) is 10.1. The number of aliphatic hydroxyl groups is 2. The minimum atomic E-state index is -0.851. The fourth-order valence-corrected chi connectivity index (χ4v) is 8.04. The van der Waals surface area contributed by atoms with E-state index in [2.05, 4.69) is 24.8 Å². The van der Waals surface area contributed by atoms with Crippen LogP contribution in [0.4, 0.5) is 0 Å². The zero-order valence-electron chi connectivity index (χ0n) is 16.0. The summed E-state index contributed by atoms with van der Waals surface area (Å²) in [6, 6.07) is 0. The van der Waals surface area contributed by atoms with Gasteiger partial charge in [0.15, 0.2) is 0 Å². The molecule has 4 rings (SSSR count). The van der Waals surface area contributed by atoms with Crippen LogP contribution in [0.5, 0.6) is 0 Å². The molecular weight excluding hydrogens is 344 g/mol. The molecule has 8 atom stereocenters. The van der Waals surface area contributed by atoms with Crippen molar-refractivity contribution < 1.29 is 10.2 Å². The Bertz CT molecular complexity index is 634. The number of fused-ring (bicyclic) bond motifs is 5. The van der Waals surface area contributed by atoms with E-state index in [4.69, 9.17) is 11.6 Å². The van der Waals surface area contributed by atoms with Crippen LogP contribution < -0.4 is 0 Å². The molecule has 4 fully saturated rings. The predicted molar refractivity (Wildman–Crippen MR) is 105 cm³/mol. The molecule has 0 amide bonds. The van der Waals surface area contributed by atoms with Crippen LogP contribution >= 0.6 is 11.6 Å². The summed E-state index contributed by atoms with van der Waals surface area (Å²) < 4.78 is 0. The van der Waals surface area contributed by atoms with Crippen molar-refractivity contribution in [3.8, 4) is 11.3 Å². The molecule has 0 saturated heterocycles. The first-order valence-corrected chi connectivity index (χ1v) is 10.9. The Balaban J connectivity index is 1.52. The average Bonchev–Trinajstić information content (AvgIpc) is 2.98. The summed E-state index contributed by atoms with van der Waals surface area (Å²) in [5.74, 6) is 7.19. The van der Waals surface area contributed by atoms with Gasteiger partial charge in [-0.15, -0.1) is 0 Å². The van der Waals surface area contributed by atoms with Gasteiger partial charge in [-0.25, -0.2) is 0 Å². The van der Waals surface area contributed by atoms with Crippen molar-refractivity contribution in [2.75, 3.05) is 6.61 Å². The number of rotatable bonds is 2.